The summed E-state index contributed by atoms with van der Waals surface area (Å²) >= 11 is 0. The molecule has 1 heterocycles. The van der Waals surface area contributed by atoms with Gasteiger partial charge in [0.1, 0.15) is 7.85 Å². The van der Waals surface area contributed by atoms with Crippen molar-refractivity contribution in [1.29, 1.82) is 0 Å². The molecule has 2 radical (unpaired) electrons. The molecular formula is C5H9BO3. The highest BCUT2D eigenvalue weighted by atomic mass is 16.5. The van der Waals surface area contributed by atoms with Crippen molar-refractivity contribution in [3.8, 4) is 0 Å². The van der Waals surface area contributed by atoms with E-state index >= 15 is 0 Å². The topological polar surface area (TPSA) is 49.7 Å². The molecule has 0 aromatic carbocycles. The van der Waals surface area contributed by atoms with Crippen LogP contribution in [-0.4, -0.2) is 42.9 Å². The van der Waals surface area contributed by atoms with Crippen molar-refractivity contribution in [3.63, 3.8) is 0 Å². The van der Waals surface area contributed by atoms with Crippen LogP contribution in [0.1, 0.15) is 6.42 Å². The van der Waals surface area contributed by atoms with Gasteiger partial charge in [0.25, 0.3) is 0 Å². The Morgan fingerprint density at radius 3 is 2.56 bits per heavy atom. The van der Waals surface area contributed by atoms with Gasteiger partial charge in [-0.15, -0.1) is 0 Å². The van der Waals surface area contributed by atoms with E-state index in [0.717, 1.165) is 0 Å². The molecule has 1 aliphatic heterocycles. The van der Waals surface area contributed by atoms with Crippen molar-refractivity contribution >= 4 is 7.85 Å². The maximum absolute atomic E-state index is 8.94. The Labute approximate surface area is 55.0 Å². The van der Waals surface area contributed by atoms with Gasteiger partial charge in [-0.1, -0.05) is 0 Å². The van der Waals surface area contributed by atoms with Crippen LogP contribution < -0.4 is 0 Å². The second-order valence-electron chi connectivity index (χ2n) is 2.21. The van der Waals surface area contributed by atoms with Crippen LogP contribution in [0.2, 0.25) is 0 Å². The quantitative estimate of drug-likeness (QED) is 0.428. The van der Waals surface area contributed by atoms with E-state index in [1.54, 1.807) is 0 Å². The minimum absolute atomic E-state index is 0.0647. The number of hydrogen-bond acceptors (Lipinski definition) is 3. The smallest absolute Gasteiger partial charge is 0.112 e. The number of rotatable bonds is 1. The molecule has 1 aliphatic rings. The predicted octanol–water partition coefficient (Wildman–Crippen LogP) is -1.38. The average Bonchev–Trinajstić information content (AvgIpc) is 2.13. The fourth-order valence-corrected chi connectivity index (χ4v) is 0.890. The number of aliphatic hydroxyl groups excluding tert-OH is 2. The SMILES string of the molecule is [B][C@@H]1O[C@H](CO)C[C@H]1O. The molecule has 1 rings (SSSR count). The summed E-state index contributed by atoms with van der Waals surface area (Å²) in [6, 6.07) is -0.609. The fraction of sp³-hybridized carbons (Fsp3) is 1.00. The largest absolute Gasteiger partial charge is 0.394 e. The Morgan fingerprint density at radius 2 is 2.33 bits per heavy atom. The molecule has 1 saturated heterocycles. The summed E-state index contributed by atoms with van der Waals surface area (Å²) in [6.07, 6.45) is -0.436. The Balaban J connectivity index is 2.35. The summed E-state index contributed by atoms with van der Waals surface area (Å²) in [5.41, 5.74) is 0. The monoisotopic (exact) mass is 128 g/mol. The molecule has 4 heteroatoms. The maximum atomic E-state index is 8.94. The van der Waals surface area contributed by atoms with Crippen molar-refractivity contribution in [2.24, 2.45) is 0 Å². The van der Waals surface area contributed by atoms with E-state index in [-0.39, 0.29) is 12.7 Å². The minimum atomic E-state index is -0.609. The molecule has 50 valence electrons. The molecule has 0 aromatic heterocycles. The summed E-state index contributed by atoms with van der Waals surface area (Å²) in [5.74, 6) is 0. The summed E-state index contributed by atoms with van der Waals surface area (Å²) in [4.78, 5) is 0. The molecule has 9 heavy (non-hydrogen) atoms. The molecule has 0 saturated carbocycles. The van der Waals surface area contributed by atoms with Crippen LogP contribution in [0.25, 0.3) is 0 Å². The van der Waals surface area contributed by atoms with Crippen LogP contribution in [0.5, 0.6) is 0 Å². The normalized spacial score (nSPS) is 43.6. The van der Waals surface area contributed by atoms with E-state index < -0.39 is 12.1 Å². The van der Waals surface area contributed by atoms with E-state index in [2.05, 4.69) is 0 Å². The van der Waals surface area contributed by atoms with Gasteiger partial charge < -0.3 is 14.9 Å². The zero-order valence-electron chi connectivity index (χ0n) is 5.03. The predicted molar refractivity (Wildman–Crippen MR) is 32.1 cm³/mol. The summed E-state index contributed by atoms with van der Waals surface area (Å²) in [6.45, 7) is -0.0647. The molecule has 0 spiro atoms. The average molecular weight is 128 g/mol. The Kier molecular flexibility index (Phi) is 2.11. The third kappa shape index (κ3) is 1.44. The summed E-state index contributed by atoms with van der Waals surface area (Å²) < 4.78 is 4.90. The lowest BCUT2D eigenvalue weighted by Gasteiger charge is -2.06. The van der Waals surface area contributed by atoms with Gasteiger partial charge in [0.15, 0.2) is 0 Å². The first-order chi connectivity index (χ1) is 4.24. The van der Waals surface area contributed by atoms with Gasteiger partial charge in [-0.05, 0) is 0 Å². The van der Waals surface area contributed by atoms with Crippen LogP contribution in [0.4, 0.5) is 0 Å². The van der Waals surface area contributed by atoms with Crippen LogP contribution in [-0.2, 0) is 4.74 Å². The van der Waals surface area contributed by atoms with Crippen LogP contribution in [0, 0.1) is 0 Å². The van der Waals surface area contributed by atoms with E-state index in [1.165, 1.54) is 0 Å². The highest BCUT2D eigenvalue weighted by molar-refractivity contribution is 6.11. The standard InChI is InChI=1S/C5H9BO3/c6-5-4(8)1-3(2-7)9-5/h3-5,7-8H,1-2H2/t3-,4+,5+/m0/s1. The Bertz CT molecular complexity index is 88.2. The summed E-state index contributed by atoms with van der Waals surface area (Å²) in [7, 11) is 5.26. The highest BCUT2D eigenvalue weighted by Crippen LogP contribution is 2.16. The van der Waals surface area contributed by atoms with E-state index in [1.807, 2.05) is 0 Å². The molecule has 3 atom stereocenters. The van der Waals surface area contributed by atoms with Crippen LogP contribution in [0.15, 0.2) is 0 Å². The van der Waals surface area contributed by atoms with Gasteiger partial charge in [-0.25, -0.2) is 0 Å². The lowest BCUT2D eigenvalue weighted by atomic mass is 9.95. The molecule has 2 N–H and O–H groups in total. The minimum Gasteiger partial charge on any atom is -0.394 e. The molecular weight excluding hydrogens is 119 g/mol. The Hall–Kier alpha value is -0.0551. The fourth-order valence-electron chi connectivity index (χ4n) is 0.890. The molecule has 3 nitrogen and oxygen atoms in total. The molecule has 0 aliphatic carbocycles. The van der Waals surface area contributed by atoms with Gasteiger partial charge in [0.05, 0.1) is 18.8 Å². The van der Waals surface area contributed by atoms with Crippen molar-refractivity contribution < 1.29 is 14.9 Å². The zero-order valence-corrected chi connectivity index (χ0v) is 5.03. The van der Waals surface area contributed by atoms with E-state index in [9.17, 15) is 0 Å². The van der Waals surface area contributed by atoms with Crippen molar-refractivity contribution in [2.75, 3.05) is 6.61 Å². The van der Waals surface area contributed by atoms with Crippen molar-refractivity contribution in [3.05, 3.63) is 0 Å². The van der Waals surface area contributed by atoms with Gasteiger partial charge in [-0.2, -0.15) is 0 Å². The van der Waals surface area contributed by atoms with E-state index in [0.29, 0.717) is 6.42 Å². The lowest BCUT2D eigenvalue weighted by Crippen LogP contribution is -2.20. The molecule has 1 fully saturated rings. The van der Waals surface area contributed by atoms with Crippen molar-refractivity contribution in [1.82, 2.24) is 0 Å². The van der Waals surface area contributed by atoms with Gasteiger partial charge >= 0.3 is 0 Å². The second kappa shape index (κ2) is 2.69. The number of ether oxygens (including phenoxy) is 1. The second-order valence-corrected chi connectivity index (χ2v) is 2.21. The van der Waals surface area contributed by atoms with Crippen molar-refractivity contribution in [2.45, 2.75) is 24.6 Å². The van der Waals surface area contributed by atoms with Crippen LogP contribution in [0.3, 0.4) is 0 Å². The number of hydrogen-bond donors (Lipinski definition) is 2. The molecule has 0 amide bonds. The van der Waals surface area contributed by atoms with Gasteiger partial charge in [0.2, 0.25) is 0 Å². The first-order valence-corrected chi connectivity index (χ1v) is 2.94. The van der Waals surface area contributed by atoms with Gasteiger partial charge in [0, 0.05) is 12.4 Å². The van der Waals surface area contributed by atoms with Gasteiger partial charge in [-0.3, -0.25) is 0 Å². The maximum Gasteiger partial charge on any atom is 0.112 e. The number of aliphatic hydroxyl groups is 2. The van der Waals surface area contributed by atoms with Crippen LogP contribution >= 0.6 is 0 Å². The van der Waals surface area contributed by atoms with E-state index in [4.69, 9.17) is 22.8 Å². The third-order valence-electron chi connectivity index (χ3n) is 1.44. The zero-order chi connectivity index (χ0) is 6.85. The first kappa shape index (κ1) is 7.06. The molecule has 0 bridgehead atoms. The first-order valence-electron chi connectivity index (χ1n) is 2.94. The molecule has 0 aromatic rings. The third-order valence-corrected chi connectivity index (χ3v) is 1.44. The Morgan fingerprint density at radius 1 is 1.67 bits per heavy atom. The highest BCUT2D eigenvalue weighted by Gasteiger charge is 2.28. The summed E-state index contributed by atoms with van der Waals surface area (Å²) in [5, 5.41) is 17.4. The lowest BCUT2D eigenvalue weighted by molar-refractivity contribution is 0.0307. The molecule has 0 unspecified atom stereocenters.